The van der Waals surface area contributed by atoms with Gasteiger partial charge in [-0.1, -0.05) is 32.6 Å². The van der Waals surface area contributed by atoms with Crippen molar-refractivity contribution in [2.75, 3.05) is 26.2 Å². The number of likely N-dealkylation sites (tertiary alicyclic amines) is 1. The maximum absolute atomic E-state index is 12.4. The van der Waals surface area contributed by atoms with Gasteiger partial charge in [0.1, 0.15) is 0 Å². The first-order valence-corrected chi connectivity index (χ1v) is 8.76. The second-order valence-electron chi connectivity index (χ2n) is 6.55. The molecule has 1 saturated heterocycles. The van der Waals surface area contributed by atoms with Gasteiger partial charge in [-0.2, -0.15) is 0 Å². The number of hydrogen-bond acceptors (Lipinski definition) is 2. The van der Waals surface area contributed by atoms with Gasteiger partial charge < -0.3 is 4.90 Å². The SMILES string of the molecule is CCN(C[C@H]1CCCN1CC)C(=O)CCC1CCCC1. The smallest absolute Gasteiger partial charge is 0.222 e. The molecule has 2 fully saturated rings. The van der Waals surface area contributed by atoms with E-state index < -0.39 is 0 Å². The molecule has 0 aromatic carbocycles. The Bertz CT molecular complexity index is 299. The molecule has 3 heteroatoms. The van der Waals surface area contributed by atoms with Crippen molar-refractivity contribution in [3.8, 4) is 0 Å². The van der Waals surface area contributed by atoms with Crippen LogP contribution in [0, 0.1) is 5.92 Å². The normalized spacial score (nSPS) is 24.4. The first kappa shape index (κ1) is 15.8. The molecule has 1 atom stereocenters. The van der Waals surface area contributed by atoms with Crippen molar-refractivity contribution < 1.29 is 4.79 Å². The summed E-state index contributed by atoms with van der Waals surface area (Å²) >= 11 is 0. The molecule has 0 radical (unpaired) electrons. The highest BCUT2D eigenvalue weighted by Crippen LogP contribution is 2.28. The lowest BCUT2D eigenvalue weighted by Gasteiger charge is -2.30. The van der Waals surface area contributed by atoms with Crippen LogP contribution in [0.1, 0.15) is 65.2 Å². The van der Waals surface area contributed by atoms with Gasteiger partial charge in [-0.15, -0.1) is 0 Å². The molecule has 0 aromatic rings. The van der Waals surface area contributed by atoms with Gasteiger partial charge in [0, 0.05) is 25.6 Å². The van der Waals surface area contributed by atoms with E-state index in [9.17, 15) is 4.79 Å². The first-order valence-electron chi connectivity index (χ1n) is 8.76. The summed E-state index contributed by atoms with van der Waals surface area (Å²) in [6.45, 7) is 8.52. The lowest BCUT2D eigenvalue weighted by atomic mass is 10.0. The van der Waals surface area contributed by atoms with E-state index in [4.69, 9.17) is 0 Å². The Hall–Kier alpha value is -0.570. The maximum Gasteiger partial charge on any atom is 0.222 e. The van der Waals surface area contributed by atoms with Gasteiger partial charge in [-0.3, -0.25) is 9.69 Å². The fourth-order valence-electron chi connectivity index (χ4n) is 3.96. The number of likely N-dealkylation sites (N-methyl/N-ethyl adjacent to an activating group) is 2. The molecule has 116 valence electrons. The van der Waals surface area contributed by atoms with Crippen molar-refractivity contribution in [2.24, 2.45) is 5.92 Å². The number of rotatable bonds is 7. The third kappa shape index (κ3) is 4.21. The number of nitrogens with zero attached hydrogens (tertiary/aromatic N) is 2. The summed E-state index contributed by atoms with van der Waals surface area (Å²) in [5, 5.41) is 0. The third-order valence-electron chi connectivity index (χ3n) is 5.31. The molecule has 2 rings (SSSR count). The average Bonchev–Trinajstić information content (AvgIpc) is 3.12. The molecular weight excluding hydrogens is 248 g/mol. The van der Waals surface area contributed by atoms with Crippen LogP contribution in [0.2, 0.25) is 0 Å². The summed E-state index contributed by atoms with van der Waals surface area (Å²) < 4.78 is 0. The number of carbonyl (C=O) groups is 1. The summed E-state index contributed by atoms with van der Waals surface area (Å²) in [6, 6.07) is 0.607. The van der Waals surface area contributed by atoms with Crippen molar-refractivity contribution in [1.29, 1.82) is 0 Å². The van der Waals surface area contributed by atoms with Gasteiger partial charge in [0.2, 0.25) is 5.91 Å². The zero-order valence-electron chi connectivity index (χ0n) is 13.4. The van der Waals surface area contributed by atoms with E-state index in [1.807, 2.05) is 0 Å². The highest BCUT2D eigenvalue weighted by molar-refractivity contribution is 5.76. The van der Waals surface area contributed by atoms with Crippen LogP contribution in [0.3, 0.4) is 0 Å². The van der Waals surface area contributed by atoms with E-state index in [-0.39, 0.29) is 0 Å². The lowest BCUT2D eigenvalue weighted by molar-refractivity contribution is -0.132. The van der Waals surface area contributed by atoms with Crippen LogP contribution < -0.4 is 0 Å². The maximum atomic E-state index is 12.4. The van der Waals surface area contributed by atoms with Gasteiger partial charge in [0.15, 0.2) is 0 Å². The predicted molar refractivity (Wildman–Crippen MR) is 83.7 cm³/mol. The zero-order chi connectivity index (χ0) is 14.4. The molecule has 0 bridgehead atoms. The molecule has 1 aliphatic carbocycles. The predicted octanol–water partition coefficient (Wildman–Crippen LogP) is 3.29. The minimum absolute atomic E-state index is 0.391. The third-order valence-corrected chi connectivity index (χ3v) is 5.31. The molecule has 0 spiro atoms. The molecule has 1 amide bonds. The standard InChI is InChI=1S/C17H32N2O/c1-3-18-13-7-10-16(18)14-19(4-2)17(20)12-11-15-8-5-6-9-15/h15-16H,3-14H2,1-2H3/t16-/m1/s1. The summed E-state index contributed by atoms with van der Waals surface area (Å²) in [5.74, 6) is 1.22. The average molecular weight is 280 g/mol. The number of hydrogen-bond donors (Lipinski definition) is 0. The summed E-state index contributed by atoms with van der Waals surface area (Å²) in [4.78, 5) is 17.1. The van der Waals surface area contributed by atoms with Crippen LogP contribution >= 0.6 is 0 Å². The van der Waals surface area contributed by atoms with Crippen molar-refractivity contribution >= 4 is 5.91 Å². The summed E-state index contributed by atoms with van der Waals surface area (Å²) in [7, 11) is 0. The minimum atomic E-state index is 0.391. The van der Waals surface area contributed by atoms with Crippen LogP contribution in [0.25, 0.3) is 0 Å². The van der Waals surface area contributed by atoms with E-state index in [2.05, 4.69) is 23.6 Å². The molecule has 2 aliphatic rings. The van der Waals surface area contributed by atoms with Gasteiger partial charge in [0.05, 0.1) is 0 Å². The van der Waals surface area contributed by atoms with Gasteiger partial charge >= 0.3 is 0 Å². The topological polar surface area (TPSA) is 23.6 Å². The fraction of sp³-hybridized carbons (Fsp3) is 0.941. The Morgan fingerprint density at radius 2 is 1.90 bits per heavy atom. The molecule has 0 N–H and O–H groups in total. The van der Waals surface area contributed by atoms with E-state index >= 15 is 0 Å². The van der Waals surface area contributed by atoms with Crippen molar-refractivity contribution in [2.45, 2.75) is 71.3 Å². The van der Waals surface area contributed by atoms with Crippen molar-refractivity contribution in [1.82, 2.24) is 9.80 Å². The van der Waals surface area contributed by atoms with Crippen molar-refractivity contribution in [3.63, 3.8) is 0 Å². The lowest BCUT2D eigenvalue weighted by Crippen LogP contribution is -2.43. The van der Waals surface area contributed by atoms with Gasteiger partial charge in [-0.25, -0.2) is 0 Å². The first-order chi connectivity index (χ1) is 9.74. The summed E-state index contributed by atoms with van der Waals surface area (Å²) in [5.41, 5.74) is 0. The summed E-state index contributed by atoms with van der Waals surface area (Å²) in [6.07, 6.45) is 9.92. The molecule has 1 heterocycles. The second kappa shape index (κ2) is 8.02. The van der Waals surface area contributed by atoms with Crippen LogP contribution in [0.4, 0.5) is 0 Å². The van der Waals surface area contributed by atoms with E-state index in [0.717, 1.165) is 38.4 Å². The van der Waals surface area contributed by atoms with E-state index in [1.165, 1.54) is 45.1 Å². The Labute approximate surface area is 124 Å². The quantitative estimate of drug-likeness (QED) is 0.714. The van der Waals surface area contributed by atoms with E-state index in [1.54, 1.807) is 0 Å². The molecule has 1 aliphatic heterocycles. The molecule has 0 unspecified atom stereocenters. The monoisotopic (exact) mass is 280 g/mol. The number of amides is 1. The molecule has 0 aromatic heterocycles. The van der Waals surface area contributed by atoms with Gasteiger partial charge in [-0.05, 0) is 45.2 Å². The molecule has 1 saturated carbocycles. The van der Waals surface area contributed by atoms with Crippen LogP contribution in [0.5, 0.6) is 0 Å². The fourth-order valence-corrected chi connectivity index (χ4v) is 3.96. The second-order valence-corrected chi connectivity index (χ2v) is 6.55. The van der Waals surface area contributed by atoms with Crippen LogP contribution in [-0.2, 0) is 4.79 Å². The highest BCUT2D eigenvalue weighted by Gasteiger charge is 2.26. The zero-order valence-corrected chi connectivity index (χ0v) is 13.4. The Balaban J connectivity index is 1.76. The number of carbonyl (C=O) groups excluding carboxylic acids is 1. The molecule has 3 nitrogen and oxygen atoms in total. The van der Waals surface area contributed by atoms with Crippen molar-refractivity contribution in [3.05, 3.63) is 0 Å². The van der Waals surface area contributed by atoms with E-state index in [0.29, 0.717) is 11.9 Å². The Morgan fingerprint density at radius 3 is 2.55 bits per heavy atom. The van der Waals surface area contributed by atoms with Crippen LogP contribution in [-0.4, -0.2) is 47.9 Å². The minimum Gasteiger partial charge on any atom is -0.341 e. The van der Waals surface area contributed by atoms with Gasteiger partial charge in [0.25, 0.3) is 0 Å². The highest BCUT2D eigenvalue weighted by atomic mass is 16.2. The Morgan fingerprint density at radius 1 is 1.15 bits per heavy atom. The molecule has 20 heavy (non-hydrogen) atoms. The largest absolute Gasteiger partial charge is 0.341 e. The van der Waals surface area contributed by atoms with Crippen LogP contribution in [0.15, 0.2) is 0 Å². The molecular formula is C17H32N2O. The Kier molecular flexibility index (Phi) is 6.34.